The molecule has 1 aromatic rings. The maximum atomic E-state index is 13.0. The van der Waals surface area contributed by atoms with Gasteiger partial charge in [0.05, 0.1) is 6.54 Å². The van der Waals surface area contributed by atoms with E-state index < -0.39 is 6.04 Å². The molecule has 8 heteroatoms. The van der Waals surface area contributed by atoms with Gasteiger partial charge in [0, 0.05) is 51.3 Å². The molecule has 8 nitrogen and oxygen atoms in total. The molecule has 2 fully saturated rings. The number of carbonyl (C=O) groups is 4. The smallest absolute Gasteiger partial charge is 0.254 e. The lowest BCUT2D eigenvalue weighted by Gasteiger charge is -2.40. The molecule has 0 aromatic heterocycles. The molecule has 0 bridgehead atoms. The second kappa shape index (κ2) is 7.77. The molecule has 2 heterocycles. The van der Waals surface area contributed by atoms with E-state index in [1.807, 2.05) is 6.07 Å². The second-order valence-corrected chi connectivity index (χ2v) is 6.79. The summed E-state index contributed by atoms with van der Waals surface area (Å²) >= 11 is 0. The molecular weight excluding hydrogens is 348 g/mol. The lowest BCUT2D eigenvalue weighted by atomic mass is 10.1. The van der Waals surface area contributed by atoms with Gasteiger partial charge in [-0.25, -0.2) is 0 Å². The van der Waals surface area contributed by atoms with Crippen LogP contribution in [0.25, 0.3) is 0 Å². The lowest BCUT2D eigenvalue weighted by Crippen LogP contribution is -2.60. The third-order valence-corrected chi connectivity index (χ3v) is 5.10. The first-order chi connectivity index (χ1) is 12.9. The van der Waals surface area contributed by atoms with Crippen molar-refractivity contribution in [2.45, 2.75) is 25.8 Å². The monoisotopic (exact) mass is 372 g/mol. The van der Waals surface area contributed by atoms with Gasteiger partial charge in [-0.15, -0.1) is 0 Å². The number of carbonyl (C=O) groups excluding carboxylic acids is 4. The van der Waals surface area contributed by atoms with Gasteiger partial charge in [0.2, 0.25) is 17.7 Å². The van der Waals surface area contributed by atoms with Gasteiger partial charge in [-0.05, 0) is 24.6 Å². The van der Waals surface area contributed by atoms with Crippen LogP contribution in [-0.4, -0.2) is 72.7 Å². The highest BCUT2D eigenvalue weighted by molar-refractivity contribution is 5.99. The zero-order chi connectivity index (χ0) is 19.6. The third kappa shape index (κ3) is 3.79. The lowest BCUT2D eigenvalue weighted by molar-refractivity contribution is -0.141. The topological polar surface area (TPSA) is 90.0 Å². The van der Waals surface area contributed by atoms with Crippen LogP contribution in [0.2, 0.25) is 0 Å². The van der Waals surface area contributed by atoms with E-state index in [1.54, 1.807) is 28.0 Å². The molecule has 3 rings (SSSR count). The number of hydrogen-bond acceptors (Lipinski definition) is 4. The van der Waals surface area contributed by atoms with Crippen LogP contribution in [0.5, 0.6) is 0 Å². The highest BCUT2D eigenvalue weighted by Gasteiger charge is 2.35. The predicted octanol–water partition coefficient (Wildman–Crippen LogP) is 0.232. The van der Waals surface area contributed by atoms with Crippen molar-refractivity contribution in [1.29, 1.82) is 0 Å². The minimum absolute atomic E-state index is 0.0642. The molecule has 1 aromatic carbocycles. The average Bonchev–Trinajstić information content (AvgIpc) is 3.12. The van der Waals surface area contributed by atoms with Crippen molar-refractivity contribution in [3.63, 3.8) is 0 Å². The summed E-state index contributed by atoms with van der Waals surface area (Å²) in [6.45, 7) is 2.89. The zero-order valence-electron chi connectivity index (χ0n) is 15.6. The average molecular weight is 372 g/mol. The number of anilines is 1. The number of hydrogen-bond donors (Lipinski definition) is 1. The Kier molecular flexibility index (Phi) is 5.43. The van der Waals surface area contributed by atoms with Crippen LogP contribution in [0, 0.1) is 0 Å². The fraction of sp³-hybridized carbons (Fsp3) is 0.474. The van der Waals surface area contributed by atoms with Gasteiger partial charge >= 0.3 is 0 Å². The van der Waals surface area contributed by atoms with Crippen molar-refractivity contribution in [3.8, 4) is 0 Å². The SMILES string of the molecule is CNC(=O)[C@H]1CN(C(=O)c2cccc(N3CCCC3=O)c2)CCN1C(C)=O. The van der Waals surface area contributed by atoms with Gasteiger partial charge < -0.3 is 20.0 Å². The summed E-state index contributed by atoms with van der Waals surface area (Å²) in [5.74, 6) is -0.626. The molecule has 0 aliphatic carbocycles. The number of amides is 4. The predicted molar refractivity (Wildman–Crippen MR) is 99.2 cm³/mol. The first-order valence-electron chi connectivity index (χ1n) is 9.11. The van der Waals surface area contributed by atoms with Gasteiger partial charge in [-0.1, -0.05) is 6.07 Å². The number of rotatable bonds is 3. The van der Waals surface area contributed by atoms with Crippen LogP contribution in [0.15, 0.2) is 24.3 Å². The minimum Gasteiger partial charge on any atom is -0.357 e. The maximum Gasteiger partial charge on any atom is 0.254 e. The largest absolute Gasteiger partial charge is 0.357 e. The summed E-state index contributed by atoms with van der Waals surface area (Å²) in [6, 6.07) is 6.31. The molecule has 2 aliphatic heterocycles. The second-order valence-electron chi connectivity index (χ2n) is 6.79. The van der Waals surface area contributed by atoms with Crippen LogP contribution in [0.1, 0.15) is 30.1 Å². The standard InChI is InChI=1S/C19H24N4O4/c1-13(24)22-10-9-21(12-16(22)18(26)20-2)19(27)14-5-3-6-15(11-14)23-8-4-7-17(23)25/h3,5-6,11,16H,4,7-10,12H2,1-2H3,(H,20,26)/t16-/m1/s1. The van der Waals surface area contributed by atoms with Crippen LogP contribution >= 0.6 is 0 Å². The summed E-state index contributed by atoms with van der Waals surface area (Å²) in [7, 11) is 1.51. The fourth-order valence-corrected chi connectivity index (χ4v) is 3.65. The molecule has 4 amide bonds. The van der Waals surface area contributed by atoms with Crippen molar-refractivity contribution >= 4 is 29.3 Å². The summed E-state index contributed by atoms with van der Waals surface area (Å²) in [4.78, 5) is 53.7. The quantitative estimate of drug-likeness (QED) is 0.823. The Labute approximate surface area is 158 Å². The van der Waals surface area contributed by atoms with Gasteiger partial charge in [-0.2, -0.15) is 0 Å². The van der Waals surface area contributed by atoms with Crippen LogP contribution in [-0.2, 0) is 14.4 Å². The van der Waals surface area contributed by atoms with Gasteiger partial charge in [-0.3, -0.25) is 19.2 Å². The molecule has 0 unspecified atom stereocenters. The van der Waals surface area contributed by atoms with Crippen LogP contribution in [0.3, 0.4) is 0 Å². The third-order valence-electron chi connectivity index (χ3n) is 5.10. The molecule has 1 N–H and O–H groups in total. The number of benzene rings is 1. The maximum absolute atomic E-state index is 13.0. The first kappa shape index (κ1) is 18.9. The van der Waals surface area contributed by atoms with Gasteiger partial charge in [0.15, 0.2) is 0 Å². The van der Waals surface area contributed by atoms with E-state index in [1.165, 1.54) is 18.9 Å². The van der Waals surface area contributed by atoms with Crippen molar-refractivity contribution in [2.75, 3.05) is 38.1 Å². The van der Waals surface area contributed by atoms with E-state index in [9.17, 15) is 19.2 Å². The molecule has 0 radical (unpaired) electrons. The van der Waals surface area contributed by atoms with Crippen molar-refractivity contribution in [1.82, 2.24) is 15.1 Å². The van der Waals surface area contributed by atoms with E-state index in [0.717, 1.165) is 6.42 Å². The van der Waals surface area contributed by atoms with Crippen LogP contribution < -0.4 is 10.2 Å². The molecule has 27 heavy (non-hydrogen) atoms. The summed E-state index contributed by atoms with van der Waals surface area (Å²) in [5, 5.41) is 2.55. The Hall–Kier alpha value is -2.90. The van der Waals surface area contributed by atoms with E-state index in [2.05, 4.69) is 5.32 Å². The molecule has 0 saturated carbocycles. The summed E-state index contributed by atoms with van der Waals surface area (Å²) in [6.07, 6.45) is 1.34. The van der Waals surface area contributed by atoms with E-state index in [4.69, 9.17) is 0 Å². The zero-order valence-corrected chi connectivity index (χ0v) is 15.6. The number of piperazine rings is 1. The number of likely N-dealkylation sites (N-methyl/N-ethyl adjacent to an activating group) is 1. The van der Waals surface area contributed by atoms with Gasteiger partial charge in [0.1, 0.15) is 6.04 Å². The van der Waals surface area contributed by atoms with Crippen LogP contribution in [0.4, 0.5) is 5.69 Å². The highest BCUT2D eigenvalue weighted by atomic mass is 16.2. The minimum atomic E-state index is -0.700. The number of nitrogens with one attached hydrogen (secondary N) is 1. The molecule has 2 saturated heterocycles. The number of nitrogens with zero attached hydrogens (tertiary/aromatic N) is 3. The van der Waals surface area contributed by atoms with Crippen molar-refractivity contribution in [2.24, 2.45) is 0 Å². The molecule has 2 aliphatic rings. The molecule has 0 spiro atoms. The van der Waals surface area contributed by atoms with E-state index in [0.29, 0.717) is 37.3 Å². The van der Waals surface area contributed by atoms with E-state index in [-0.39, 0.29) is 30.2 Å². The van der Waals surface area contributed by atoms with Crippen molar-refractivity contribution in [3.05, 3.63) is 29.8 Å². The summed E-state index contributed by atoms with van der Waals surface area (Å²) < 4.78 is 0. The Morgan fingerprint density at radius 2 is 1.93 bits per heavy atom. The first-order valence-corrected chi connectivity index (χ1v) is 9.11. The van der Waals surface area contributed by atoms with Crippen molar-refractivity contribution < 1.29 is 19.2 Å². The fourth-order valence-electron chi connectivity index (χ4n) is 3.65. The van der Waals surface area contributed by atoms with E-state index >= 15 is 0 Å². The molecular formula is C19H24N4O4. The Morgan fingerprint density at radius 3 is 2.56 bits per heavy atom. The summed E-state index contributed by atoms with van der Waals surface area (Å²) in [5.41, 5.74) is 1.19. The van der Waals surface area contributed by atoms with Gasteiger partial charge in [0.25, 0.3) is 5.91 Å². The molecule has 144 valence electrons. The normalized spacial score (nSPS) is 20.0. The Balaban J connectivity index is 1.78. The molecule has 1 atom stereocenters. The Morgan fingerprint density at radius 1 is 1.15 bits per heavy atom. The Bertz CT molecular complexity index is 779. The highest BCUT2D eigenvalue weighted by Crippen LogP contribution is 2.23.